The minimum atomic E-state index is -1.15. The van der Waals surface area contributed by atoms with Gasteiger partial charge in [-0.2, -0.15) is 0 Å². The van der Waals surface area contributed by atoms with E-state index in [9.17, 15) is 23.5 Å². The number of carbonyl (C=O) groups is 2. The van der Waals surface area contributed by atoms with Crippen molar-refractivity contribution in [1.82, 2.24) is 0 Å². The first-order chi connectivity index (χ1) is 18.0. The molecule has 0 radical (unpaired) electrons. The minimum absolute atomic E-state index is 0.000324. The summed E-state index contributed by atoms with van der Waals surface area (Å²) in [6.45, 7) is 6.41. The average molecular weight is 521 g/mol. The number of aliphatic hydroxyl groups is 1. The molecule has 38 heavy (non-hydrogen) atoms. The number of anilines is 2. The number of aryl methyl sites for hydroxylation is 1. The number of ether oxygens (including phenoxy) is 1. The van der Waals surface area contributed by atoms with Crippen molar-refractivity contribution in [3.63, 3.8) is 0 Å². The van der Waals surface area contributed by atoms with E-state index in [4.69, 9.17) is 4.74 Å². The molecule has 4 rings (SSSR count). The number of Topliss-reactive ketones (excluding diaryl/α,β-unsaturated/α-hetero) is 1. The van der Waals surface area contributed by atoms with E-state index in [0.717, 1.165) is 28.3 Å². The van der Waals surface area contributed by atoms with Crippen molar-refractivity contribution < 1.29 is 28.2 Å². The summed E-state index contributed by atoms with van der Waals surface area (Å²) < 4.78 is 33.7. The molecule has 1 saturated heterocycles. The van der Waals surface area contributed by atoms with E-state index in [1.807, 2.05) is 51.9 Å². The molecule has 0 aromatic heterocycles. The first kappa shape index (κ1) is 26.9. The molecule has 1 atom stereocenters. The molecule has 1 unspecified atom stereocenters. The predicted molar refractivity (Wildman–Crippen MR) is 143 cm³/mol. The monoisotopic (exact) mass is 520 g/mol. The highest BCUT2D eigenvalue weighted by molar-refractivity contribution is 6.51. The number of aliphatic hydroxyl groups excluding tert-OH is 1. The van der Waals surface area contributed by atoms with E-state index >= 15 is 0 Å². The standard InChI is InChI=1S/C30H30F2N2O4/c1-17(2)16-38-25-13-8-20(14-18(25)3)28(35)26-27(19-6-9-21(10-7-19)33(4)5)34(30(37)29(26)36)22-11-12-23(31)24(32)15-22/h6-15,17,27,35H,16H2,1-5H3/b28-26+. The van der Waals surface area contributed by atoms with Gasteiger partial charge in [-0.3, -0.25) is 14.5 Å². The SMILES string of the molecule is Cc1cc(/C(O)=C2\C(=O)C(=O)N(c3ccc(F)c(F)c3)C2c2ccc(N(C)C)cc2)ccc1OCC(C)C. The Morgan fingerprint density at radius 2 is 1.68 bits per heavy atom. The molecule has 1 heterocycles. The zero-order valence-electron chi connectivity index (χ0n) is 22.0. The number of amides is 1. The zero-order chi connectivity index (χ0) is 27.7. The van der Waals surface area contributed by atoms with E-state index in [1.165, 1.54) is 6.07 Å². The third-order valence-electron chi connectivity index (χ3n) is 6.37. The Morgan fingerprint density at radius 1 is 1.00 bits per heavy atom. The second-order valence-corrected chi connectivity index (χ2v) is 9.94. The van der Waals surface area contributed by atoms with Crippen LogP contribution in [0.15, 0.2) is 66.2 Å². The van der Waals surface area contributed by atoms with E-state index in [-0.39, 0.29) is 17.0 Å². The molecule has 0 spiro atoms. The Bertz CT molecular complexity index is 1410. The van der Waals surface area contributed by atoms with E-state index in [0.29, 0.717) is 29.4 Å². The molecular weight excluding hydrogens is 490 g/mol. The summed E-state index contributed by atoms with van der Waals surface area (Å²) in [4.78, 5) is 29.6. The van der Waals surface area contributed by atoms with Gasteiger partial charge in [-0.15, -0.1) is 0 Å². The number of carbonyl (C=O) groups excluding carboxylic acids is 2. The molecule has 0 saturated carbocycles. The molecule has 0 aliphatic carbocycles. The average Bonchev–Trinajstić information content (AvgIpc) is 3.14. The fourth-order valence-electron chi connectivity index (χ4n) is 4.37. The van der Waals surface area contributed by atoms with Crippen LogP contribution in [0.3, 0.4) is 0 Å². The van der Waals surface area contributed by atoms with Crippen LogP contribution in [-0.2, 0) is 9.59 Å². The Morgan fingerprint density at radius 3 is 2.26 bits per heavy atom. The van der Waals surface area contributed by atoms with Gasteiger partial charge in [0, 0.05) is 37.1 Å². The number of hydrogen-bond donors (Lipinski definition) is 1. The Hall–Kier alpha value is -4.20. The fraction of sp³-hybridized carbons (Fsp3) is 0.267. The molecule has 1 aliphatic heterocycles. The summed E-state index contributed by atoms with van der Waals surface area (Å²) in [6, 6.07) is 14.0. The molecule has 1 fully saturated rings. The summed E-state index contributed by atoms with van der Waals surface area (Å²) in [6.07, 6.45) is 0. The fourth-order valence-corrected chi connectivity index (χ4v) is 4.37. The lowest BCUT2D eigenvalue weighted by atomic mass is 9.94. The van der Waals surface area contributed by atoms with Crippen LogP contribution in [0.1, 0.15) is 36.6 Å². The van der Waals surface area contributed by atoms with Crippen molar-refractivity contribution >= 4 is 28.8 Å². The van der Waals surface area contributed by atoms with Gasteiger partial charge in [0.2, 0.25) is 0 Å². The van der Waals surface area contributed by atoms with Gasteiger partial charge in [-0.05, 0) is 66.4 Å². The lowest BCUT2D eigenvalue weighted by Gasteiger charge is -2.26. The van der Waals surface area contributed by atoms with E-state index < -0.39 is 29.4 Å². The summed E-state index contributed by atoms with van der Waals surface area (Å²) >= 11 is 0. The first-order valence-electron chi connectivity index (χ1n) is 12.3. The van der Waals surface area contributed by atoms with Gasteiger partial charge in [0.25, 0.3) is 11.7 Å². The molecule has 3 aromatic rings. The van der Waals surface area contributed by atoms with E-state index in [1.54, 1.807) is 30.3 Å². The number of benzene rings is 3. The van der Waals surface area contributed by atoms with Crippen LogP contribution < -0.4 is 14.5 Å². The third kappa shape index (κ3) is 5.11. The van der Waals surface area contributed by atoms with Crippen LogP contribution in [0.4, 0.5) is 20.2 Å². The van der Waals surface area contributed by atoms with Crippen molar-refractivity contribution in [3.8, 4) is 5.75 Å². The van der Waals surface area contributed by atoms with Gasteiger partial charge in [0.1, 0.15) is 11.5 Å². The minimum Gasteiger partial charge on any atom is -0.507 e. The quantitative estimate of drug-likeness (QED) is 0.235. The highest BCUT2D eigenvalue weighted by atomic mass is 19.2. The predicted octanol–water partition coefficient (Wildman–Crippen LogP) is 6.00. The summed E-state index contributed by atoms with van der Waals surface area (Å²) in [5, 5.41) is 11.4. The molecular formula is C30H30F2N2O4. The smallest absolute Gasteiger partial charge is 0.300 e. The van der Waals surface area contributed by atoms with E-state index in [2.05, 4.69) is 0 Å². The molecule has 3 aromatic carbocycles. The molecule has 0 bridgehead atoms. The van der Waals surface area contributed by atoms with Crippen LogP contribution >= 0.6 is 0 Å². The van der Waals surface area contributed by atoms with Gasteiger partial charge < -0.3 is 14.7 Å². The van der Waals surface area contributed by atoms with Crippen molar-refractivity contribution in [2.24, 2.45) is 5.92 Å². The summed E-state index contributed by atoms with van der Waals surface area (Å²) in [7, 11) is 3.75. The maximum Gasteiger partial charge on any atom is 0.300 e. The molecule has 8 heteroatoms. The second kappa shape index (κ2) is 10.7. The molecule has 1 aliphatic rings. The van der Waals surface area contributed by atoms with Crippen LogP contribution in [0.25, 0.3) is 5.76 Å². The highest BCUT2D eigenvalue weighted by Gasteiger charge is 2.47. The molecule has 1 amide bonds. The largest absolute Gasteiger partial charge is 0.507 e. The number of rotatable bonds is 7. The van der Waals surface area contributed by atoms with Gasteiger partial charge in [0.15, 0.2) is 11.6 Å². The van der Waals surface area contributed by atoms with Crippen molar-refractivity contribution in [3.05, 3.63) is 94.6 Å². The Balaban J connectivity index is 1.86. The van der Waals surface area contributed by atoms with Gasteiger partial charge in [0.05, 0.1) is 18.2 Å². The summed E-state index contributed by atoms with van der Waals surface area (Å²) in [5.74, 6) is -3.50. The van der Waals surface area contributed by atoms with Crippen molar-refractivity contribution in [2.45, 2.75) is 26.8 Å². The zero-order valence-corrected chi connectivity index (χ0v) is 22.0. The maximum atomic E-state index is 14.2. The van der Waals surface area contributed by atoms with Gasteiger partial charge >= 0.3 is 0 Å². The Labute approximate surface area is 220 Å². The highest BCUT2D eigenvalue weighted by Crippen LogP contribution is 2.43. The summed E-state index contributed by atoms with van der Waals surface area (Å²) in [5.41, 5.74) is 2.34. The van der Waals surface area contributed by atoms with Gasteiger partial charge in [-0.1, -0.05) is 26.0 Å². The van der Waals surface area contributed by atoms with Crippen molar-refractivity contribution in [2.75, 3.05) is 30.5 Å². The second-order valence-electron chi connectivity index (χ2n) is 9.94. The molecule has 1 N–H and O–H groups in total. The third-order valence-corrected chi connectivity index (χ3v) is 6.37. The number of nitrogens with zero attached hydrogens (tertiary/aromatic N) is 2. The lowest BCUT2D eigenvalue weighted by molar-refractivity contribution is -0.132. The molecule has 6 nitrogen and oxygen atoms in total. The Kier molecular flexibility index (Phi) is 7.53. The number of hydrogen-bond acceptors (Lipinski definition) is 5. The van der Waals surface area contributed by atoms with Crippen LogP contribution in [0, 0.1) is 24.5 Å². The topological polar surface area (TPSA) is 70.1 Å². The first-order valence-corrected chi connectivity index (χ1v) is 12.3. The maximum absolute atomic E-state index is 14.2. The van der Waals surface area contributed by atoms with Gasteiger partial charge in [-0.25, -0.2) is 8.78 Å². The molecule has 198 valence electrons. The number of ketones is 1. The number of halogens is 2. The van der Waals surface area contributed by atoms with Crippen LogP contribution in [-0.4, -0.2) is 37.5 Å². The lowest BCUT2D eigenvalue weighted by Crippen LogP contribution is -2.29. The normalized spacial score (nSPS) is 16.8. The van der Waals surface area contributed by atoms with Crippen molar-refractivity contribution in [1.29, 1.82) is 0 Å². The van der Waals surface area contributed by atoms with Crippen LogP contribution in [0.2, 0.25) is 0 Å². The van der Waals surface area contributed by atoms with Crippen LogP contribution in [0.5, 0.6) is 5.75 Å².